The standard InChI is InChI=1S/C25H21FN8O2/c1-29-23-20-13(18(10-28)32-33-24(20)35)8-17(31-23)15-11-30-34(2)21(15)19-14(9-27)22-12(7-16(19)26)3-4-25(36-22)5-6-25/h3-4,7-8,11H,5-6,10,28H2,1-2H3,(H,29,31)(H,33,35)/i1D3. The van der Waals surface area contributed by atoms with Gasteiger partial charge >= 0.3 is 0 Å². The van der Waals surface area contributed by atoms with Gasteiger partial charge in [0, 0.05) is 41.2 Å². The van der Waals surface area contributed by atoms with E-state index in [0.29, 0.717) is 22.6 Å². The molecule has 0 unspecified atom stereocenters. The van der Waals surface area contributed by atoms with Crippen LogP contribution in [0.15, 0.2) is 29.2 Å². The quantitative estimate of drug-likeness (QED) is 0.398. The van der Waals surface area contributed by atoms with Gasteiger partial charge in [-0.25, -0.2) is 14.5 Å². The second kappa shape index (κ2) is 7.73. The molecule has 6 rings (SSSR count). The molecule has 0 amide bonds. The first-order chi connectivity index (χ1) is 18.5. The van der Waals surface area contributed by atoms with Crippen LogP contribution in [0.5, 0.6) is 5.75 Å². The Morgan fingerprint density at radius 3 is 3.00 bits per heavy atom. The topological polar surface area (TPSA) is 148 Å². The molecule has 0 saturated heterocycles. The summed E-state index contributed by atoms with van der Waals surface area (Å²) < 4.78 is 46.3. The third-order valence-corrected chi connectivity index (χ3v) is 6.60. The molecular formula is C25H21FN8O2. The maximum atomic E-state index is 15.7. The van der Waals surface area contributed by atoms with Gasteiger partial charge in [-0.15, -0.1) is 0 Å². The molecule has 180 valence electrons. The molecule has 10 nitrogen and oxygen atoms in total. The Kier molecular flexibility index (Phi) is 4.02. The van der Waals surface area contributed by atoms with Gasteiger partial charge in [-0.2, -0.15) is 15.5 Å². The number of nitriles is 1. The molecule has 0 radical (unpaired) electrons. The van der Waals surface area contributed by atoms with E-state index in [1.165, 1.54) is 23.0 Å². The van der Waals surface area contributed by atoms with Crippen LogP contribution in [0.1, 0.15) is 33.8 Å². The molecule has 0 atom stereocenters. The van der Waals surface area contributed by atoms with Crippen molar-refractivity contribution in [2.24, 2.45) is 12.8 Å². The van der Waals surface area contributed by atoms with Gasteiger partial charge in [0.15, 0.2) is 0 Å². The summed E-state index contributed by atoms with van der Waals surface area (Å²) in [6.07, 6.45) is 6.67. The SMILES string of the molecule is [2H]C([2H])([2H])Nc1nc(-c2cnn(C)c2-c2c(F)cc3c(c2C#N)OC2(C=C3)CC2)cc2c(CN)n[nH]c(=O)c12. The van der Waals surface area contributed by atoms with E-state index in [9.17, 15) is 10.1 Å². The predicted octanol–water partition coefficient (Wildman–Crippen LogP) is 2.83. The molecule has 2 aliphatic rings. The summed E-state index contributed by atoms with van der Waals surface area (Å²) in [5.74, 6) is -0.609. The largest absolute Gasteiger partial charge is 0.481 e. The molecule has 1 saturated carbocycles. The lowest BCUT2D eigenvalue weighted by atomic mass is 9.94. The fourth-order valence-electron chi connectivity index (χ4n) is 4.64. The van der Waals surface area contributed by atoms with Crippen LogP contribution < -0.4 is 21.3 Å². The van der Waals surface area contributed by atoms with Crippen LogP contribution in [0.4, 0.5) is 10.2 Å². The van der Waals surface area contributed by atoms with Crippen molar-refractivity contribution < 1.29 is 13.2 Å². The fourth-order valence-corrected chi connectivity index (χ4v) is 4.64. The molecule has 1 fully saturated rings. The summed E-state index contributed by atoms with van der Waals surface area (Å²) in [5, 5.41) is 23.3. The van der Waals surface area contributed by atoms with Gasteiger partial charge in [0.05, 0.1) is 34.2 Å². The highest BCUT2D eigenvalue weighted by Gasteiger charge is 2.46. The maximum absolute atomic E-state index is 15.7. The first-order valence-electron chi connectivity index (χ1n) is 12.6. The molecule has 1 aliphatic carbocycles. The van der Waals surface area contributed by atoms with Crippen LogP contribution >= 0.6 is 0 Å². The van der Waals surface area contributed by atoms with Crippen molar-refractivity contribution in [1.29, 1.82) is 5.26 Å². The Bertz CT molecular complexity index is 1820. The Labute approximate surface area is 208 Å². The number of aromatic nitrogens is 5. The zero-order chi connectivity index (χ0) is 27.7. The van der Waals surface area contributed by atoms with Gasteiger partial charge < -0.3 is 15.8 Å². The van der Waals surface area contributed by atoms with Crippen LogP contribution in [0, 0.1) is 17.1 Å². The lowest BCUT2D eigenvalue weighted by Gasteiger charge is -2.23. The molecule has 0 bridgehead atoms. The first kappa shape index (κ1) is 18.7. The number of aromatic amines is 1. The van der Waals surface area contributed by atoms with Crippen LogP contribution in [0.25, 0.3) is 39.4 Å². The van der Waals surface area contributed by atoms with Gasteiger partial charge in [0.1, 0.15) is 34.6 Å². The number of nitrogens with zero attached hydrogens (tertiary/aromatic N) is 5. The van der Waals surface area contributed by atoms with E-state index >= 15 is 4.39 Å². The maximum Gasteiger partial charge on any atom is 0.275 e. The molecule has 4 heterocycles. The molecule has 36 heavy (non-hydrogen) atoms. The van der Waals surface area contributed by atoms with Crippen LogP contribution in [0.2, 0.25) is 0 Å². The number of rotatable bonds is 4. The highest BCUT2D eigenvalue weighted by atomic mass is 19.1. The van der Waals surface area contributed by atoms with Crippen molar-refractivity contribution in [3.8, 4) is 34.3 Å². The smallest absolute Gasteiger partial charge is 0.275 e. The summed E-state index contributed by atoms with van der Waals surface area (Å²) in [5.41, 5.74) is 6.11. The minimum absolute atomic E-state index is 0.00728. The number of ether oxygens (including phenoxy) is 1. The van der Waals surface area contributed by atoms with Crippen molar-refractivity contribution in [3.05, 3.63) is 57.4 Å². The summed E-state index contributed by atoms with van der Waals surface area (Å²) in [6, 6.07) is 4.93. The Hall–Kier alpha value is -4.56. The molecule has 1 aromatic carbocycles. The van der Waals surface area contributed by atoms with Crippen molar-refractivity contribution in [3.63, 3.8) is 0 Å². The van der Waals surface area contributed by atoms with Crippen molar-refractivity contribution in [1.82, 2.24) is 25.0 Å². The van der Waals surface area contributed by atoms with Crippen LogP contribution in [0.3, 0.4) is 0 Å². The van der Waals surface area contributed by atoms with E-state index in [0.717, 1.165) is 12.8 Å². The number of hydrogen-bond donors (Lipinski definition) is 3. The second-order valence-electron chi connectivity index (χ2n) is 8.78. The fraction of sp³-hybridized carbons (Fsp3) is 0.240. The number of anilines is 1. The number of pyridine rings is 1. The Morgan fingerprint density at radius 1 is 1.44 bits per heavy atom. The number of H-pyrrole nitrogens is 1. The van der Waals surface area contributed by atoms with Gasteiger partial charge in [-0.1, -0.05) is 6.08 Å². The van der Waals surface area contributed by atoms with E-state index in [4.69, 9.17) is 14.6 Å². The third-order valence-electron chi connectivity index (χ3n) is 6.60. The first-order valence-corrected chi connectivity index (χ1v) is 11.1. The number of halogens is 1. The van der Waals surface area contributed by atoms with Crippen molar-refractivity contribution >= 4 is 22.7 Å². The van der Waals surface area contributed by atoms with Gasteiger partial charge in [0.25, 0.3) is 5.56 Å². The van der Waals surface area contributed by atoms with Gasteiger partial charge in [0.2, 0.25) is 0 Å². The van der Waals surface area contributed by atoms with E-state index in [2.05, 4.69) is 31.7 Å². The normalized spacial score (nSPS) is 16.6. The number of hydrogen-bond acceptors (Lipinski definition) is 8. The van der Waals surface area contributed by atoms with E-state index < -0.39 is 24.0 Å². The Morgan fingerprint density at radius 2 is 2.28 bits per heavy atom. The average molecular weight is 488 g/mol. The van der Waals surface area contributed by atoms with Gasteiger partial charge in [-0.3, -0.25) is 9.48 Å². The monoisotopic (exact) mass is 487 g/mol. The lowest BCUT2D eigenvalue weighted by Crippen LogP contribution is -2.19. The molecule has 3 aromatic heterocycles. The minimum atomic E-state index is -2.68. The van der Waals surface area contributed by atoms with Crippen molar-refractivity contribution in [2.75, 3.05) is 12.3 Å². The van der Waals surface area contributed by atoms with E-state index in [-0.39, 0.29) is 45.6 Å². The number of aryl methyl sites for hydroxylation is 1. The van der Waals surface area contributed by atoms with Crippen molar-refractivity contribution in [2.45, 2.75) is 25.0 Å². The summed E-state index contributed by atoms with van der Waals surface area (Å²) in [4.78, 5) is 17.1. The molecular weight excluding hydrogens is 463 g/mol. The van der Waals surface area contributed by atoms with Crippen LogP contribution in [-0.2, 0) is 13.6 Å². The number of benzene rings is 1. The van der Waals surface area contributed by atoms with E-state index in [1.807, 2.05) is 6.08 Å². The molecule has 1 aliphatic heterocycles. The highest BCUT2D eigenvalue weighted by molar-refractivity contribution is 5.97. The molecule has 1 spiro atoms. The minimum Gasteiger partial charge on any atom is -0.481 e. The predicted molar refractivity (Wildman–Crippen MR) is 132 cm³/mol. The second-order valence-corrected chi connectivity index (χ2v) is 8.78. The summed E-state index contributed by atoms with van der Waals surface area (Å²) in [7, 11) is 1.59. The number of nitrogens with two attached hydrogens (primary N) is 1. The Balaban J connectivity index is 1.63. The molecule has 11 heteroatoms. The average Bonchev–Trinajstić information content (AvgIpc) is 3.52. The van der Waals surface area contributed by atoms with Gasteiger partial charge in [-0.05, 0) is 31.1 Å². The zero-order valence-corrected chi connectivity index (χ0v) is 19.0. The summed E-state index contributed by atoms with van der Waals surface area (Å²) in [6.45, 7) is -2.74. The molecule has 4 N–H and O–H groups in total. The number of nitrogens with one attached hydrogen (secondary N) is 2. The highest BCUT2D eigenvalue weighted by Crippen LogP contribution is 2.49. The summed E-state index contributed by atoms with van der Waals surface area (Å²) >= 11 is 0. The zero-order valence-electron chi connectivity index (χ0n) is 22.0. The lowest BCUT2D eigenvalue weighted by molar-refractivity contribution is 0.225. The van der Waals surface area contributed by atoms with E-state index in [1.54, 1.807) is 13.1 Å². The molecule has 4 aromatic rings. The van der Waals surface area contributed by atoms with Crippen LogP contribution in [-0.4, -0.2) is 37.5 Å². The number of fused-ring (bicyclic) bond motifs is 2. The third kappa shape index (κ3) is 3.11.